The Kier molecular flexibility index (Phi) is 9.31. The third-order valence-electron chi connectivity index (χ3n) is 3.85. The van der Waals surface area contributed by atoms with Crippen LogP contribution in [0.1, 0.15) is 45.4 Å². The van der Waals surface area contributed by atoms with Crippen LogP contribution in [-0.2, 0) is 10.1 Å². The molecule has 2 aromatic carbocycles. The summed E-state index contributed by atoms with van der Waals surface area (Å²) in [6, 6.07) is 10.3. The zero-order valence-electron chi connectivity index (χ0n) is 14.5. The number of ether oxygens (including phenoxy) is 1. The van der Waals surface area contributed by atoms with Crippen molar-refractivity contribution in [2.24, 2.45) is 0 Å². The first kappa shape index (κ1) is 21.5. The van der Waals surface area contributed by atoms with Crippen LogP contribution in [0.4, 0.5) is 0 Å². The summed E-state index contributed by atoms with van der Waals surface area (Å²) < 4.78 is 40.5. The van der Waals surface area contributed by atoms with Gasteiger partial charge in [-0.1, -0.05) is 69.4 Å². The summed E-state index contributed by atoms with van der Waals surface area (Å²) in [7, 11) is -4.59. The normalized spacial score (nSPS) is 11.2. The fourth-order valence-electron chi connectivity index (χ4n) is 2.66. The Morgan fingerprint density at radius 2 is 1.62 bits per heavy atom. The molecule has 0 aliphatic heterocycles. The van der Waals surface area contributed by atoms with Crippen molar-refractivity contribution in [2.75, 3.05) is 6.61 Å². The van der Waals surface area contributed by atoms with Gasteiger partial charge in [0.15, 0.2) is 0 Å². The van der Waals surface area contributed by atoms with Crippen LogP contribution >= 0.6 is 0 Å². The average Bonchev–Trinajstić information content (AvgIpc) is 2.52. The molecule has 0 aromatic heterocycles. The molecule has 24 heavy (non-hydrogen) atoms. The largest absolute Gasteiger partial charge is 1.00 e. The molecule has 0 N–H and O–H groups in total. The second-order valence-electron chi connectivity index (χ2n) is 5.68. The SMILES string of the molecule is CCCCCCCCOc1ccc2ccccc2c1S(=O)(=O)[O-].[Na+]. The number of hydrogen-bond donors (Lipinski definition) is 0. The average molecular weight is 358 g/mol. The molecule has 4 nitrogen and oxygen atoms in total. The van der Waals surface area contributed by atoms with E-state index < -0.39 is 10.1 Å². The molecule has 126 valence electrons. The van der Waals surface area contributed by atoms with Crippen molar-refractivity contribution in [3.05, 3.63) is 36.4 Å². The first-order valence-electron chi connectivity index (χ1n) is 8.14. The zero-order chi connectivity index (χ0) is 16.7. The molecule has 0 atom stereocenters. The van der Waals surface area contributed by atoms with Gasteiger partial charge in [0.05, 0.1) is 6.61 Å². The molecule has 6 heteroatoms. The van der Waals surface area contributed by atoms with Crippen LogP contribution in [-0.4, -0.2) is 19.6 Å². The van der Waals surface area contributed by atoms with Crippen molar-refractivity contribution in [3.8, 4) is 5.75 Å². The number of fused-ring (bicyclic) bond motifs is 1. The predicted octanol–water partition coefficient (Wildman–Crippen LogP) is 1.49. The van der Waals surface area contributed by atoms with Crippen molar-refractivity contribution in [2.45, 2.75) is 50.3 Å². The van der Waals surface area contributed by atoms with E-state index in [2.05, 4.69) is 6.92 Å². The van der Waals surface area contributed by atoms with Crippen LogP contribution < -0.4 is 34.3 Å². The van der Waals surface area contributed by atoms with Gasteiger partial charge in [0.1, 0.15) is 20.8 Å². The first-order chi connectivity index (χ1) is 11.0. The smallest absolute Gasteiger partial charge is 0.744 e. The minimum absolute atomic E-state index is 0. The van der Waals surface area contributed by atoms with Crippen molar-refractivity contribution in [1.82, 2.24) is 0 Å². The molecule has 0 aliphatic rings. The summed E-state index contributed by atoms with van der Waals surface area (Å²) in [5, 5.41) is 1.14. The predicted molar refractivity (Wildman–Crippen MR) is 90.8 cm³/mol. The minimum atomic E-state index is -4.59. The molecule has 0 saturated carbocycles. The van der Waals surface area contributed by atoms with Gasteiger partial charge in [-0.25, -0.2) is 8.42 Å². The molecule has 0 aliphatic carbocycles. The van der Waals surface area contributed by atoms with E-state index in [0.29, 0.717) is 17.4 Å². The zero-order valence-corrected chi connectivity index (χ0v) is 17.3. The van der Waals surface area contributed by atoms with Crippen LogP contribution in [0, 0.1) is 0 Å². The van der Waals surface area contributed by atoms with Gasteiger partial charge in [-0.3, -0.25) is 0 Å². The molecule has 0 fully saturated rings. The van der Waals surface area contributed by atoms with Crippen molar-refractivity contribution < 1.29 is 47.3 Å². The van der Waals surface area contributed by atoms with Gasteiger partial charge in [-0.15, -0.1) is 0 Å². The van der Waals surface area contributed by atoms with E-state index in [1.54, 1.807) is 36.4 Å². The third kappa shape index (κ3) is 6.05. The van der Waals surface area contributed by atoms with Gasteiger partial charge < -0.3 is 9.29 Å². The van der Waals surface area contributed by atoms with Gasteiger partial charge in [0, 0.05) is 5.39 Å². The van der Waals surface area contributed by atoms with Crippen LogP contribution in [0.5, 0.6) is 5.75 Å². The molecular weight excluding hydrogens is 335 g/mol. The molecule has 0 saturated heterocycles. The van der Waals surface area contributed by atoms with E-state index in [9.17, 15) is 13.0 Å². The number of benzene rings is 2. The van der Waals surface area contributed by atoms with E-state index in [0.717, 1.165) is 19.3 Å². The summed E-state index contributed by atoms with van der Waals surface area (Å²) in [4.78, 5) is -0.249. The Morgan fingerprint density at radius 1 is 0.958 bits per heavy atom. The Morgan fingerprint density at radius 3 is 2.33 bits per heavy atom. The van der Waals surface area contributed by atoms with Crippen LogP contribution in [0.3, 0.4) is 0 Å². The minimum Gasteiger partial charge on any atom is -0.744 e. The maximum atomic E-state index is 11.6. The number of rotatable bonds is 9. The standard InChI is InChI=1S/C18H24O4S.Na/c1-2-3-4-5-6-9-14-22-17-13-12-15-10-7-8-11-16(15)18(17)23(19,20)21;/h7-8,10-13H,2-6,9,14H2,1H3,(H,19,20,21);/q;+1/p-1. The summed E-state index contributed by atoms with van der Waals surface area (Å²) in [6.07, 6.45) is 6.72. The summed E-state index contributed by atoms with van der Waals surface area (Å²) >= 11 is 0. The molecule has 2 aromatic rings. The monoisotopic (exact) mass is 358 g/mol. The fourth-order valence-corrected chi connectivity index (χ4v) is 3.49. The van der Waals surface area contributed by atoms with Gasteiger partial charge in [0.25, 0.3) is 0 Å². The number of hydrogen-bond acceptors (Lipinski definition) is 4. The van der Waals surface area contributed by atoms with Gasteiger partial charge in [0.2, 0.25) is 0 Å². The van der Waals surface area contributed by atoms with Gasteiger partial charge in [-0.2, -0.15) is 0 Å². The topological polar surface area (TPSA) is 66.4 Å². The summed E-state index contributed by atoms with van der Waals surface area (Å²) in [6.45, 7) is 2.60. The quantitative estimate of drug-likeness (QED) is 0.387. The second kappa shape index (κ2) is 10.4. The molecule has 0 bridgehead atoms. The Labute approximate surface area is 166 Å². The molecule has 2 rings (SSSR count). The molecule has 0 spiro atoms. The maximum absolute atomic E-state index is 11.6. The van der Waals surface area contributed by atoms with E-state index in [4.69, 9.17) is 4.74 Å². The van der Waals surface area contributed by atoms with Gasteiger partial charge >= 0.3 is 29.6 Å². The molecule has 0 amide bonds. The van der Waals surface area contributed by atoms with Crippen LogP contribution in [0.2, 0.25) is 0 Å². The van der Waals surface area contributed by atoms with E-state index in [-0.39, 0.29) is 40.2 Å². The second-order valence-corrected chi connectivity index (χ2v) is 7.00. The van der Waals surface area contributed by atoms with E-state index in [1.165, 1.54) is 19.3 Å². The molecule has 0 unspecified atom stereocenters. The molecule has 0 radical (unpaired) electrons. The molecular formula is C18H23NaO4S. The Bertz CT molecular complexity index is 744. The molecule has 0 heterocycles. The van der Waals surface area contributed by atoms with Crippen molar-refractivity contribution in [1.29, 1.82) is 0 Å². The Hall–Kier alpha value is -0.590. The van der Waals surface area contributed by atoms with Crippen LogP contribution in [0.15, 0.2) is 41.3 Å². The fraction of sp³-hybridized carbons (Fsp3) is 0.444. The van der Waals surface area contributed by atoms with Crippen molar-refractivity contribution >= 4 is 20.9 Å². The first-order valence-corrected chi connectivity index (χ1v) is 9.55. The van der Waals surface area contributed by atoms with E-state index in [1.807, 2.05) is 0 Å². The van der Waals surface area contributed by atoms with E-state index >= 15 is 0 Å². The summed E-state index contributed by atoms with van der Waals surface area (Å²) in [5.41, 5.74) is 0. The third-order valence-corrected chi connectivity index (χ3v) is 4.77. The van der Waals surface area contributed by atoms with Crippen LogP contribution in [0.25, 0.3) is 10.8 Å². The number of unbranched alkanes of at least 4 members (excludes halogenated alkanes) is 5. The van der Waals surface area contributed by atoms with Crippen molar-refractivity contribution in [3.63, 3.8) is 0 Å². The van der Waals surface area contributed by atoms with Gasteiger partial charge in [-0.05, 0) is 17.9 Å². The summed E-state index contributed by atoms with van der Waals surface area (Å²) in [5.74, 6) is 0.159. The maximum Gasteiger partial charge on any atom is 1.00 e. The Balaban J connectivity index is 0.00000288.